The van der Waals surface area contributed by atoms with Gasteiger partial charge in [-0.15, -0.1) is 0 Å². The Hall–Kier alpha value is -1.09. The fourth-order valence-electron chi connectivity index (χ4n) is 0.847. The first-order chi connectivity index (χ1) is 5.11. The van der Waals surface area contributed by atoms with E-state index in [1.807, 2.05) is 13.0 Å². The number of nitrogens with zero attached hydrogens (tertiary/aromatic N) is 1. The molecule has 0 aliphatic heterocycles. The van der Waals surface area contributed by atoms with Gasteiger partial charge in [-0.25, -0.2) is 0 Å². The minimum Gasteiger partial charge on any atom is -0.324 e. The third kappa shape index (κ3) is 1.68. The van der Waals surface area contributed by atoms with E-state index in [-0.39, 0.29) is 11.6 Å². The maximum Gasteiger partial charge on any atom is 0.250 e. The molecular weight excluding hydrogens is 140 g/mol. The molecule has 2 N–H and O–H groups in total. The SMILES string of the molecule is CC(N)c1ccn(C)c(=O)c1. The highest BCUT2D eigenvalue weighted by atomic mass is 16.1. The molecule has 0 aromatic carbocycles. The van der Waals surface area contributed by atoms with Crippen LogP contribution in [0.25, 0.3) is 0 Å². The van der Waals surface area contributed by atoms with E-state index in [4.69, 9.17) is 5.73 Å². The van der Waals surface area contributed by atoms with Crippen molar-refractivity contribution in [3.63, 3.8) is 0 Å². The summed E-state index contributed by atoms with van der Waals surface area (Å²) in [5.41, 5.74) is 6.45. The van der Waals surface area contributed by atoms with E-state index in [9.17, 15) is 4.79 Å². The summed E-state index contributed by atoms with van der Waals surface area (Å²) in [5, 5.41) is 0. The monoisotopic (exact) mass is 152 g/mol. The maximum absolute atomic E-state index is 11.1. The van der Waals surface area contributed by atoms with Gasteiger partial charge in [0, 0.05) is 25.4 Å². The van der Waals surface area contributed by atoms with Crippen molar-refractivity contribution >= 4 is 0 Å². The van der Waals surface area contributed by atoms with Crippen molar-refractivity contribution < 1.29 is 0 Å². The van der Waals surface area contributed by atoms with Crippen molar-refractivity contribution in [2.45, 2.75) is 13.0 Å². The van der Waals surface area contributed by atoms with Crippen LogP contribution in [-0.4, -0.2) is 4.57 Å². The molecule has 1 heterocycles. The molecule has 0 spiro atoms. The van der Waals surface area contributed by atoms with Crippen LogP contribution in [0.5, 0.6) is 0 Å². The van der Waals surface area contributed by atoms with Gasteiger partial charge < -0.3 is 10.3 Å². The first-order valence-corrected chi connectivity index (χ1v) is 3.53. The third-order valence-corrected chi connectivity index (χ3v) is 1.65. The molecule has 1 aromatic rings. The molecule has 1 rings (SSSR count). The zero-order valence-corrected chi connectivity index (χ0v) is 6.74. The number of hydrogen-bond acceptors (Lipinski definition) is 2. The zero-order chi connectivity index (χ0) is 8.43. The van der Waals surface area contributed by atoms with Crippen molar-refractivity contribution in [2.24, 2.45) is 12.8 Å². The highest BCUT2D eigenvalue weighted by Gasteiger charge is 1.99. The molecule has 1 unspecified atom stereocenters. The minimum absolute atomic E-state index is 0.0141. The molecular formula is C8H12N2O. The van der Waals surface area contributed by atoms with Gasteiger partial charge in [0.25, 0.3) is 5.56 Å². The third-order valence-electron chi connectivity index (χ3n) is 1.65. The van der Waals surface area contributed by atoms with Crippen LogP contribution in [0.3, 0.4) is 0 Å². The standard InChI is InChI=1S/C8H12N2O/c1-6(9)7-3-4-10(2)8(11)5-7/h3-6H,9H2,1-2H3. The van der Waals surface area contributed by atoms with E-state index < -0.39 is 0 Å². The lowest BCUT2D eigenvalue weighted by Gasteiger charge is -2.04. The van der Waals surface area contributed by atoms with Crippen LogP contribution in [0.4, 0.5) is 0 Å². The minimum atomic E-state index is -0.0658. The Morgan fingerprint density at radius 1 is 1.64 bits per heavy atom. The van der Waals surface area contributed by atoms with E-state index in [0.29, 0.717) is 0 Å². The summed E-state index contributed by atoms with van der Waals surface area (Å²) >= 11 is 0. The molecule has 1 aromatic heterocycles. The Kier molecular flexibility index (Phi) is 2.10. The quantitative estimate of drug-likeness (QED) is 0.633. The summed E-state index contributed by atoms with van der Waals surface area (Å²) in [5.74, 6) is 0. The van der Waals surface area contributed by atoms with Crippen molar-refractivity contribution in [1.82, 2.24) is 4.57 Å². The summed E-state index contributed by atoms with van der Waals surface area (Å²) in [7, 11) is 1.72. The van der Waals surface area contributed by atoms with Gasteiger partial charge in [-0.3, -0.25) is 4.79 Å². The van der Waals surface area contributed by atoms with Crippen molar-refractivity contribution in [3.05, 3.63) is 34.2 Å². The Balaban J connectivity index is 3.16. The van der Waals surface area contributed by atoms with Crippen molar-refractivity contribution in [2.75, 3.05) is 0 Å². The normalized spacial score (nSPS) is 13.0. The Bertz CT molecular complexity index is 301. The van der Waals surface area contributed by atoms with E-state index in [0.717, 1.165) is 5.56 Å². The Labute approximate surface area is 65.5 Å². The van der Waals surface area contributed by atoms with E-state index in [1.165, 1.54) is 4.57 Å². The van der Waals surface area contributed by atoms with E-state index >= 15 is 0 Å². The summed E-state index contributed by atoms with van der Waals surface area (Å²) in [4.78, 5) is 11.1. The molecule has 0 fully saturated rings. The molecule has 3 heteroatoms. The largest absolute Gasteiger partial charge is 0.324 e. The van der Waals surface area contributed by atoms with E-state index in [2.05, 4.69) is 0 Å². The summed E-state index contributed by atoms with van der Waals surface area (Å²) in [6, 6.07) is 3.35. The number of hydrogen-bond donors (Lipinski definition) is 1. The molecule has 0 saturated carbocycles. The van der Waals surface area contributed by atoms with Crippen LogP contribution < -0.4 is 11.3 Å². The Morgan fingerprint density at radius 2 is 2.27 bits per heavy atom. The molecule has 1 atom stereocenters. The number of pyridine rings is 1. The fourth-order valence-corrected chi connectivity index (χ4v) is 0.847. The van der Waals surface area contributed by atoms with Crippen molar-refractivity contribution in [1.29, 1.82) is 0 Å². The predicted octanol–water partition coefficient (Wildman–Crippen LogP) is 0.405. The van der Waals surface area contributed by atoms with Gasteiger partial charge in [-0.05, 0) is 18.6 Å². The number of aryl methyl sites for hydroxylation is 1. The second-order valence-corrected chi connectivity index (χ2v) is 2.70. The molecule has 60 valence electrons. The fraction of sp³-hybridized carbons (Fsp3) is 0.375. The van der Waals surface area contributed by atoms with Crippen LogP contribution in [0.1, 0.15) is 18.5 Å². The van der Waals surface area contributed by atoms with Crippen LogP contribution in [0.15, 0.2) is 23.1 Å². The van der Waals surface area contributed by atoms with Gasteiger partial charge in [0.05, 0.1) is 0 Å². The molecule has 0 amide bonds. The van der Waals surface area contributed by atoms with Crippen molar-refractivity contribution in [3.8, 4) is 0 Å². The zero-order valence-electron chi connectivity index (χ0n) is 6.74. The summed E-state index contributed by atoms with van der Waals surface area (Å²) in [6.45, 7) is 1.86. The van der Waals surface area contributed by atoms with E-state index in [1.54, 1.807) is 19.3 Å². The van der Waals surface area contributed by atoms with Crippen LogP contribution in [0.2, 0.25) is 0 Å². The highest BCUT2D eigenvalue weighted by molar-refractivity contribution is 5.14. The maximum atomic E-state index is 11.1. The van der Waals surface area contributed by atoms with Crippen LogP contribution in [-0.2, 0) is 7.05 Å². The second kappa shape index (κ2) is 2.88. The average molecular weight is 152 g/mol. The van der Waals surface area contributed by atoms with Gasteiger partial charge >= 0.3 is 0 Å². The average Bonchev–Trinajstić information content (AvgIpc) is 1.94. The Morgan fingerprint density at radius 3 is 2.73 bits per heavy atom. The van der Waals surface area contributed by atoms with Crippen LogP contribution >= 0.6 is 0 Å². The lowest BCUT2D eigenvalue weighted by Crippen LogP contribution is -2.17. The van der Waals surface area contributed by atoms with Gasteiger partial charge in [0.1, 0.15) is 0 Å². The second-order valence-electron chi connectivity index (χ2n) is 2.70. The molecule has 0 aliphatic carbocycles. The number of aromatic nitrogens is 1. The summed E-state index contributed by atoms with van der Waals surface area (Å²) in [6.07, 6.45) is 1.72. The van der Waals surface area contributed by atoms with Gasteiger partial charge in [0.15, 0.2) is 0 Å². The summed E-state index contributed by atoms with van der Waals surface area (Å²) < 4.78 is 1.52. The molecule has 0 saturated heterocycles. The van der Waals surface area contributed by atoms with Gasteiger partial charge in [0.2, 0.25) is 0 Å². The number of nitrogens with two attached hydrogens (primary N) is 1. The van der Waals surface area contributed by atoms with Crippen LogP contribution in [0, 0.1) is 0 Å². The first kappa shape index (κ1) is 8.01. The topological polar surface area (TPSA) is 48.0 Å². The smallest absolute Gasteiger partial charge is 0.250 e. The lowest BCUT2D eigenvalue weighted by atomic mass is 10.1. The molecule has 0 aliphatic rings. The van der Waals surface area contributed by atoms with Gasteiger partial charge in [-0.1, -0.05) is 0 Å². The predicted molar refractivity (Wildman–Crippen MR) is 44.3 cm³/mol. The highest BCUT2D eigenvalue weighted by Crippen LogP contribution is 2.03. The molecule has 0 bridgehead atoms. The molecule has 11 heavy (non-hydrogen) atoms. The molecule has 3 nitrogen and oxygen atoms in total. The van der Waals surface area contributed by atoms with Gasteiger partial charge in [-0.2, -0.15) is 0 Å². The first-order valence-electron chi connectivity index (χ1n) is 3.53. The number of rotatable bonds is 1. The molecule has 0 radical (unpaired) electrons. The lowest BCUT2D eigenvalue weighted by molar-refractivity contribution is 0.787.